The van der Waals surface area contributed by atoms with E-state index in [0.717, 1.165) is 0 Å². The number of hydrogen-bond acceptors (Lipinski definition) is 1. The molecule has 0 unspecified atom stereocenters. The van der Waals surface area contributed by atoms with Crippen LogP contribution in [0.4, 0.5) is 4.39 Å². The number of carboxylic acid groups (broad SMARTS) is 1. The molecule has 0 heterocycles. The fourth-order valence-electron chi connectivity index (χ4n) is 2.21. The predicted octanol–water partition coefficient (Wildman–Crippen LogP) is 2.63. The van der Waals surface area contributed by atoms with E-state index in [4.69, 9.17) is 5.11 Å². The van der Waals surface area contributed by atoms with E-state index in [-0.39, 0.29) is 18.3 Å². The molecule has 0 aromatic carbocycles. The Morgan fingerprint density at radius 1 is 1.38 bits per heavy atom. The molecule has 76 valence electrons. The Hall–Kier alpha value is -0.600. The number of rotatable bonds is 1. The molecular formula is C10H17FO2. The maximum Gasteiger partial charge on any atom is 0.310 e. The molecule has 0 aliphatic heterocycles. The van der Waals surface area contributed by atoms with Crippen molar-refractivity contribution in [1.29, 1.82) is 0 Å². The Balaban J connectivity index is 2.91. The number of hydrogen-bond donors (Lipinski definition) is 1. The minimum absolute atomic E-state index is 0.138. The van der Waals surface area contributed by atoms with E-state index in [9.17, 15) is 9.18 Å². The molecule has 0 amide bonds. The molecule has 1 aliphatic rings. The second kappa shape index (κ2) is 2.46. The molecule has 0 atom stereocenters. The van der Waals surface area contributed by atoms with Gasteiger partial charge in [0.1, 0.15) is 5.67 Å². The summed E-state index contributed by atoms with van der Waals surface area (Å²) in [6.07, 6.45) is 0.275. The zero-order chi connectivity index (χ0) is 10.5. The fourth-order valence-corrected chi connectivity index (χ4v) is 2.21. The molecule has 1 rings (SSSR count). The van der Waals surface area contributed by atoms with Gasteiger partial charge < -0.3 is 5.11 Å². The highest BCUT2D eigenvalue weighted by atomic mass is 19.1. The lowest BCUT2D eigenvalue weighted by Crippen LogP contribution is -2.58. The highest BCUT2D eigenvalue weighted by Gasteiger charge is 2.63. The first-order valence-electron chi connectivity index (χ1n) is 4.53. The lowest BCUT2D eigenvalue weighted by molar-refractivity contribution is -0.184. The highest BCUT2D eigenvalue weighted by molar-refractivity contribution is 5.77. The van der Waals surface area contributed by atoms with Gasteiger partial charge in [0.25, 0.3) is 0 Å². The van der Waals surface area contributed by atoms with Crippen LogP contribution in [0.1, 0.15) is 40.5 Å². The van der Waals surface area contributed by atoms with Gasteiger partial charge in [-0.3, -0.25) is 4.79 Å². The van der Waals surface area contributed by atoms with Crippen LogP contribution < -0.4 is 0 Å². The molecule has 0 aromatic rings. The smallest absolute Gasteiger partial charge is 0.310 e. The Labute approximate surface area is 78.1 Å². The fraction of sp³-hybridized carbons (Fsp3) is 0.900. The number of alkyl halides is 1. The van der Waals surface area contributed by atoms with E-state index in [2.05, 4.69) is 0 Å². The van der Waals surface area contributed by atoms with Gasteiger partial charge in [0, 0.05) is 0 Å². The molecule has 0 saturated heterocycles. The predicted molar refractivity (Wildman–Crippen MR) is 48.3 cm³/mol. The van der Waals surface area contributed by atoms with Gasteiger partial charge in [-0.05, 0) is 25.2 Å². The molecule has 1 saturated carbocycles. The number of aliphatic carboxylic acids is 1. The zero-order valence-corrected chi connectivity index (χ0v) is 8.65. The summed E-state index contributed by atoms with van der Waals surface area (Å²) in [6.45, 7) is 7.04. The van der Waals surface area contributed by atoms with Gasteiger partial charge in [-0.25, -0.2) is 4.39 Å². The summed E-state index contributed by atoms with van der Waals surface area (Å²) in [4.78, 5) is 11.1. The second-order valence-electron chi connectivity index (χ2n) is 5.40. The van der Waals surface area contributed by atoms with Gasteiger partial charge >= 0.3 is 5.97 Å². The van der Waals surface area contributed by atoms with Gasteiger partial charge in [-0.2, -0.15) is 0 Å². The van der Waals surface area contributed by atoms with Crippen molar-refractivity contribution in [2.24, 2.45) is 10.8 Å². The van der Waals surface area contributed by atoms with Crippen LogP contribution >= 0.6 is 0 Å². The largest absolute Gasteiger partial charge is 0.481 e. The number of carboxylic acids is 1. The minimum Gasteiger partial charge on any atom is -0.481 e. The summed E-state index contributed by atoms with van der Waals surface area (Å²) in [7, 11) is 0. The van der Waals surface area contributed by atoms with Gasteiger partial charge in [-0.15, -0.1) is 0 Å². The first kappa shape index (κ1) is 10.5. The molecule has 0 radical (unpaired) electrons. The topological polar surface area (TPSA) is 37.3 Å². The molecule has 1 fully saturated rings. The van der Waals surface area contributed by atoms with E-state index in [1.807, 2.05) is 20.8 Å². The standard InChI is InChI=1S/C10H17FO2/c1-8(2,3)10(7(12)13)5-9(4,11)6-10/h5-6H2,1-4H3,(H,12,13). The maximum absolute atomic E-state index is 13.3. The van der Waals surface area contributed by atoms with Crippen molar-refractivity contribution in [3.05, 3.63) is 0 Å². The van der Waals surface area contributed by atoms with Crippen molar-refractivity contribution in [3.8, 4) is 0 Å². The molecular weight excluding hydrogens is 171 g/mol. The zero-order valence-electron chi connectivity index (χ0n) is 8.65. The summed E-state index contributed by atoms with van der Waals surface area (Å²) < 4.78 is 13.3. The molecule has 3 heteroatoms. The molecule has 1 aliphatic carbocycles. The Bertz CT molecular complexity index is 230. The second-order valence-corrected chi connectivity index (χ2v) is 5.40. The van der Waals surface area contributed by atoms with E-state index < -0.39 is 17.1 Å². The average molecular weight is 188 g/mol. The van der Waals surface area contributed by atoms with Crippen molar-refractivity contribution in [1.82, 2.24) is 0 Å². The molecule has 0 aromatic heterocycles. The normalized spacial score (nSPS) is 39.8. The Morgan fingerprint density at radius 3 is 1.85 bits per heavy atom. The van der Waals surface area contributed by atoms with Crippen LogP contribution in [0.5, 0.6) is 0 Å². The van der Waals surface area contributed by atoms with E-state index in [1.54, 1.807) is 0 Å². The van der Waals surface area contributed by atoms with Crippen LogP contribution in [-0.4, -0.2) is 16.7 Å². The van der Waals surface area contributed by atoms with Crippen molar-refractivity contribution in [2.45, 2.75) is 46.2 Å². The van der Waals surface area contributed by atoms with Crippen LogP contribution in [0, 0.1) is 10.8 Å². The van der Waals surface area contributed by atoms with Crippen LogP contribution in [0.3, 0.4) is 0 Å². The minimum atomic E-state index is -1.29. The molecule has 2 nitrogen and oxygen atoms in total. The highest BCUT2D eigenvalue weighted by Crippen LogP contribution is 2.59. The summed E-state index contributed by atoms with van der Waals surface area (Å²) in [5, 5.41) is 9.08. The maximum atomic E-state index is 13.3. The van der Waals surface area contributed by atoms with Crippen LogP contribution in [0.25, 0.3) is 0 Å². The van der Waals surface area contributed by atoms with Crippen LogP contribution in [-0.2, 0) is 4.79 Å². The third-order valence-electron chi connectivity index (χ3n) is 3.19. The quantitative estimate of drug-likeness (QED) is 0.686. The van der Waals surface area contributed by atoms with Crippen molar-refractivity contribution in [2.75, 3.05) is 0 Å². The van der Waals surface area contributed by atoms with Gasteiger partial charge in [-0.1, -0.05) is 20.8 Å². The SMILES string of the molecule is CC1(F)CC(C(=O)O)(C(C)(C)C)C1. The molecule has 13 heavy (non-hydrogen) atoms. The van der Waals surface area contributed by atoms with E-state index >= 15 is 0 Å². The lowest BCUT2D eigenvalue weighted by atomic mass is 9.50. The Morgan fingerprint density at radius 2 is 1.77 bits per heavy atom. The van der Waals surface area contributed by atoms with Gasteiger partial charge in [0.2, 0.25) is 0 Å². The molecule has 0 bridgehead atoms. The van der Waals surface area contributed by atoms with Crippen LogP contribution in [0.2, 0.25) is 0 Å². The summed E-state index contributed by atoms with van der Waals surface area (Å²) in [5.41, 5.74) is -2.52. The van der Waals surface area contributed by atoms with E-state index in [1.165, 1.54) is 6.92 Å². The summed E-state index contributed by atoms with van der Waals surface area (Å²) in [6, 6.07) is 0. The number of halogens is 1. The lowest BCUT2D eigenvalue weighted by Gasteiger charge is -2.54. The first-order valence-corrected chi connectivity index (χ1v) is 4.53. The van der Waals surface area contributed by atoms with Gasteiger partial charge in [0.05, 0.1) is 5.41 Å². The van der Waals surface area contributed by atoms with Gasteiger partial charge in [0.15, 0.2) is 0 Å². The third-order valence-corrected chi connectivity index (χ3v) is 3.19. The first-order chi connectivity index (χ1) is 5.61. The third kappa shape index (κ3) is 1.45. The summed E-state index contributed by atoms with van der Waals surface area (Å²) in [5.74, 6) is -0.866. The average Bonchev–Trinajstić information content (AvgIpc) is 1.78. The van der Waals surface area contributed by atoms with Crippen molar-refractivity contribution in [3.63, 3.8) is 0 Å². The number of carbonyl (C=O) groups is 1. The van der Waals surface area contributed by atoms with Crippen LogP contribution in [0.15, 0.2) is 0 Å². The Kier molecular flexibility index (Phi) is 1.98. The monoisotopic (exact) mass is 188 g/mol. The summed E-state index contributed by atoms with van der Waals surface area (Å²) >= 11 is 0. The molecule has 1 N–H and O–H groups in total. The van der Waals surface area contributed by atoms with Crippen molar-refractivity contribution < 1.29 is 14.3 Å². The van der Waals surface area contributed by atoms with Crippen molar-refractivity contribution >= 4 is 5.97 Å². The molecule has 0 spiro atoms. The van der Waals surface area contributed by atoms with E-state index in [0.29, 0.717) is 0 Å².